The Labute approximate surface area is 171 Å². The van der Waals surface area contributed by atoms with E-state index < -0.39 is 56.8 Å². The molecule has 1 saturated carbocycles. The number of nitrogens with one attached hydrogen (secondary N) is 1. The molecule has 0 atom stereocenters. The first-order valence-electron chi connectivity index (χ1n) is 9.46. The first kappa shape index (κ1) is 22.3. The van der Waals surface area contributed by atoms with Gasteiger partial charge in [-0.1, -0.05) is 0 Å². The molecule has 12 heteroatoms. The first-order chi connectivity index (χ1) is 14.0. The molecule has 0 unspecified atom stereocenters. The van der Waals surface area contributed by atoms with Gasteiger partial charge in [0.1, 0.15) is 5.75 Å². The molecular formula is C18H21F3N2O6S. The lowest BCUT2D eigenvalue weighted by atomic mass is 10.0. The fourth-order valence-corrected chi connectivity index (χ4v) is 4.84. The van der Waals surface area contributed by atoms with Crippen LogP contribution in [-0.2, 0) is 16.4 Å². The second-order valence-electron chi connectivity index (χ2n) is 7.27. The van der Waals surface area contributed by atoms with Crippen LogP contribution >= 0.6 is 0 Å². The quantitative estimate of drug-likeness (QED) is 0.689. The van der Waals surface area contributed by atoms with E-state index in [1.165, 1.54) is 0 Å². The second kappa shape index (κ2) is 8.42. The topological polar surface area (TPSA) is 113 Å². The summed E-state index contributed by atoms with van der Waals surface area (Å²) >= 11 is 0. The van der Waals surface area contributed by atoms with E-state index in [0.29, 0.717) is 31.7 Å². The van der Waals surface area contributed by atoms with Crippen molar-refractivity contribution in [3.05, 3.63) is 28.8 Å². The zero-order valence-electron chi connectivity index (χ0n) is 15.9. The van der Waals surface area contributed by atoms with Gasteiger partial charge in [-0.3, -0.25) is 4.79 Å². The third-order valence-electron chi connectivity index (χ3n) is 5.10. The summed E-state index contributed by atoms with van der Waals surface area (Å²) in [5.74, 6) is -3.74. The van der Waals surface area contributed by atoms with Crippen molar-refractivity contribution >= 4 is 22.1 Å². The summed E-state index contributed by atoms with van der Waals surface area (Å²) in [4.78, 5) is 24.0. The predicted molar refractivity (Wildman–Crippen MR) is 98.5 cm³/mol. The molecule has 3 rings (SSSR count). The Bertz CT molecular complexity index is 936. The highest BCUT2D eigenvalue weighted by Crippen LogP contribution is 2.39. The standard InChI is InChI=1S/C18H21F3N2O6S/c19-18(20,21)13-9-11(17(25)26)10-14(29-12-5-1-2-6-12)15(13)16(24)22-30(27,28)23-7-3-4-8-23/h9-10,12H,1-8H2,(H,22,24)(H,25,26). The number of ether oxygens (including phenoxy) is 1. The van der Waals surface area contributed by atoms with Gasteiger partial charge in [0.2, 0.25) is 0 Å². The number of rotatable bonds is 6. The molecule has 166 valence electrons. The molecule has 1 heterocycles. The zero-order chi connectivity index (χ0) is 22.1. The van der Waals surface area contributed by atoms with Crippen molar-refractivity contribution in [2.24, 2.45) is 0 Å². The zero-order valence-corrected chi connectivity index (χ0v) is 16.7. The minimum atomic E-state index is -5.11. The van der Waals surface area contributed by atoms with Crippen LogP contribution in [0.5, 0.6) is 5.75 Å². The summed E-state index contributed by atoms with van der Waals surface area (Å²) in [6.07, 6.45) is -1.82. The number of carboxylic acids is 1. The lowest BCUT2D eigenvalue weighted by molar-refractivity contribution is -0.138. The number of amides is 1. The van der Waals surface area contributed by atoms with Crippen LogP contribution in [-0.4, -0.2) is 48.9 Å². The Morgan fingerprint density at radius 2 is 1.70 bits per heavy atom. The summed E-state index contributed by atoms with van der Waals surface area (Å²) in [7, 11) is -4.35. The number of carbonyl (C=O) groups excluding carboxylic acids is 1. The number of hydrogen-bond acceptors (Lipinski definition) is 5. The molecule has 1 aromatic rings. The van der Waals surface area contributed by atoms with E-state index >= 15 is 0 Å². The van der Waals surface area contributed by atoms with E-state index in [-0.39, 0.29) is 13.1 Å². The Hall–Kier alpha value is -2.34. The minimum absolute atomic E-state index is 0.151. The predicted octanol–water partition coefficient (Wildman–Crippen LogP) is 2.80. The van der Waals surface area contributed by atoms with E-state index in [1.807, 2.05) is 0 Å². The Morgan fingerprint density at radius 1 is 1.10 bits per heavy atom. The third-order valence-corrected chi connectivity index (χ3v) is 6.59. The SMILES string of the molecule is O=C(O)c1cc(OC2CCCC2)c(C(=O)NS(=O)(=O)N2CCCC2)c(C(F)(F)F)c1. The summed E-state index contributed by atoms with van der Waals surface area (Å²) < 4.78 is 74.1. The maximum absolute atomic E-state index is 13.7. The van der Waals surface area contributed by atoms with E-state index in [9.17, 15) is 36.3 Å². The van der Waals surface area contributed by atoms with Crippen LogP contribution in [0.3, 0.4) is 0 Å². The van der Waals surface area contributed by atoms with Crippen molar-refractivity contribution in [3.63, 3.8) is 0 Å². The lowest BCUT2D eigenvalue weighted by Crippen LogP contribution is -2.42. The van der Waals surface area contributed by atoms with Gasteiger partial charge < -0.3 is 9.84 Å². The highest BCUT2D eigenvalue weighted by molar-refractivity contribution is 7.87. The van der Waals surface area contributed by atoms with Gasteiger partial charge in [-0.15, -0.1) is 0 Å². The number of carboxylic acid groups (broad SMARTS) is 1. The smallest absolute Gasteiger partial charge is 0.417 e. The molecular weight excluding hydrogens is 429 g/mol. The fraction of sp³-hybridized carbons (Fsp3) is 0.556. The van der Waals surface area contributed by atoms with Gasteiger partial charge in [0.15, 0.2) is 0 Å². The second-order valence-corrected chi connectivity index (χ2v) is 8.94. The van der Waals surface area contributed by atoms with Crippen molar-refractivity contribution in [1.82, 2.24) is 9.03 Å². The number of hydrogen-bond donors (Lipinski definition) is 2. The number of nitrogens with zero attached hydrogens (tertiary/aromatic N) is 1. The van der Waals surface area contributed by atoms with Gasteiger partial charge in [-0.25, -0.2) is 9.52 Å². The van der Waals surface area contributed by atoms with Crippen LogP contribution in [0.25, 0.3) is 0 Å². The van der Waals surface area contributed by atoms with Crippen LogP contribution in [0.2, 0.25) is 0 Å². The molecule has 0 spiro atoms. The number of benzene rings is 1. The number of carbonyl (C=O) groups is 2. The Kier molecular flexibility index (Phi) is 6.27. The summed E-state index contributed by atoms with van der Waals surface area (Å²) in [5.41, 5.74) is -3.32. The first-order valence-corrected chi connectivity index (χ1v) is 10.9. The maximum Gasteiger partial charge on any atom is 0.417 e. The van der Waals surface area contributed by atoms with Gasteiger partial charge in [0, 0.05) is 13.1 Å². The number of alkyl halides is 3. The molecule has 2 fully saturated rings. The largest absolute Gasteiger partial charge is 0.490 e. The van der Waals surface area contributed by atoms with Gasteiger partial charge in [-0.2, -0.15) is 25.9 Å². The summed E-state index contributed by atoms with van der Waals surface area (Å²) in [5, 5.41) is 9.19. The van der Waals surface area contributed by atoms with Crippen molar-refractivity contribution in [2.75, 3.05) is 13.1 Å². The Balaban J connectivity index is 2.06. The molecule has 1 aromatic carbocycles. The molecule has 1 aliphatic carbocycles. The minimum Gasteiger partial charge on any atom is -0.490 e. The molecule has 0 bridgehead atoms. The lowest BCUT2D eigenvalue weighted by Gasteiger charge is -2.22. The van der Waals surface area contributed by atoms with E-state index in [4.69, 9.17) is 4.74 Å². The van der Waals surface area contributed by atoms with Crippen molar-refractivity contribution in [2.45, 2.75) is 50.8 Å². The van der Waals surface area contributed by atoms with Gasteiger partial charge >= 0.3 is 22.4 Å². The fourth-order valence-electron chi connectivity index (χ4n) is 3.64. The molecule has 1 saturated heterocycles. The third kappa shape index (κ3) is 4.86. The van der Waals surface area contributed by atoms with E-state index in [2.05, 4.69) is 0 Å². The van der Waals surface area contributed by atoms with E-state index in [1.54, 1.807) is 4.72 Å². The van der Waals surface area contributed by atoms with Crippen molar-refractivity contribution in [3.8, 4) is 5.75 Å². The molecule has 8 nitrogen and oxygen atoms in total. The molecule has 1 aliphatic heterocycles. The van der Waals surface area contributed by atoms with Crippen LogP contribution in [0.1, 0.15) is 64.8 Å². The molecule has 2 aliphatic rings. The normalized spacial score (nSPS) is 18.5. The Morgan fingerprint density at radius 3 is 2.23 bits per heavy atom. The van der Waals surface area contributed by atoms with Gasteiger partial charge in [-0.05, 0) is 50.7 Å². The molecule has 0 aromatic heterocycles. The average molecular weight is 450 g/mol. The van der Waals surface area contributed by atoms with E-state index in [0.717, 1.165) is 23.2 Å². The summed E-state index contributed by atoms with van der Waals surface area (Å²) in [6.45, 7) is 0.302. The molecule has 1 amide bonds. The molecule has 2 N–H and O–H groups in total. The molecule has 30 heavy (non-hydrogen) atoms. The van der Waals surface area contributed by atoms with Gasteiger partial charge in [0.25, 0.3) is 5.91 Å². The summed E-state index contributed by atoms with van der Waals surface area (Å²) in [6, 6.07) is 1.13. The van der Waals surface area contributed by atoms with Gasteiger partial charge in [0.05, 0.1) is 22.8 Å². The molecule has 0 radical (unpaired) electrons. The van der Waals surface area contributed by atoms with Crippen molar-refractivity contribution < 1.29 is 41.0 Å². The maximum atomic E-state index is 13.7. The van der Waals surface area contributed by atoms with Crippen LogP contribution in [0.15, 0.2) is 12.1 Å². The number of halogens is 3. The monoisotopic (exact) mass is 450 g/mol. The van der Waals surface area contributed by atoms with Crippen LogP contribution < -0.4 is 9.46 Å². The highest BCUT2D eigenvalue weighted by Gasteiger charge is 2.40. The average Bonchev–Trinajstić information content (AvgIpc) is 3.33. The number of aromatic carboxylic acids is 1. The van der Waals surface area contributed by atoms with Crippen LogP contribution in [0.4, 0.5) is 13.2 Å². The highest BCUT2D eigenvalue weighted by atomic mass is 32.2. The van der Waals surface area contributed by atoms with Crippen LogP contribution in [0, 0.1) is 0 Å². The van der Waals surface area contributed by atoms with Crippen molar-refractivity contribution in [1.29, 1.82) is 0 Å².